The molecule has 0 aliphatic heterocycles. The summed E-state index contributed by atoms with van der Waals surface area (Å²) in [4.78, 5) is 13.3. The molecule has 35 heavy (non-hydrogen) atoms. The fourth-order valence-electron chi connectivity index (χ4n) is 4.20. The number of aromatic amines is 1. The molecule has 8 heteroatoms. The Balaban J connectivity index is 1.42. The number of H-pyrrole nitrogens is 1. The summed E-state index contributed by atoms with van der Waals surface area (Å²) < 4.78 is 3.39. The van der Waals surface area contributed by atoms with E-state index in [1.807, 2.05) is 54.6 Å². The largest absolute Gasteiger partial charge is 0.346 e. The molecule has 176 valence electrons. The number of benzene rings is 3. The van der Waals surface area contributed by atoms with Crippen LogP contribution in [0.3, 0.4) is 0 Å². The minimum atomic E-state index is -0.0773. The number of nitrogens with zero attached hydrogens (tertiary/aromatic N) is 6. The number of aromatic nitrogens is 7. The zero-order valence-electron chi connectivity index (χ0n) is 19.6. The molecule has 0 radical (unpaired) electrons. The van der Waals surface area contributed by atoms with Crippen LogP contribution in [-0.4, -0.2) is 35.0 Å². The molecule has 2 heterocycles. The van der Waals surface area contributed by atoms with E-state index >= 15 is 0 Å². The van der Waals surface area contributed by atoms with Gasteiger partial charge in [-0.05, 0) is 33.9 Å². The van der Waals surface area contributed by atoms with Crippen LogP contribution in [0.4, 0.5) is 0 Å². The molecule has 0 unspecified atom stereocenters. The second-order valence-electron chi connectivity index (χ2n) is 8.51. The van der Waals surface area contributed by atoms with Gasteiger partial charge in [0.15, 0.2) is 0 Å². The van der Waals surface area contributed by atoms with Crippen LogP contribution in [0, 0.1) is 0 Å². The molecule has 0 saturated carbocycles. The molecule has 0 spiro atoms. The number of nitrogens with one attached hydrogen (secondary N) is 1. The summed E-state index contributed by atoms with van der Waals surface area (Å²) in [6.07, 6.45) is 2.82. The van der Waals surface area contributed by atoms with E-state index in [0.717, 1.165) is 52.9 Å². The smallest absolute Gasteiger partial charge is 0.274 e. The van der Waals surface area contributed by atoms with Gasteiger partial charge in [0.25, 0.3) is 0 Å². The molecular weight excluding hydrogens is 438 g/mol. The van der Waals surface area contributed by atoms with Crippen LogP contribution < -0.4 is 5.69 Å². The molecule has 1 N–H and O–H groups in total. The monoisotopic (exact) mass is 465 g/mol. The summed E-state index contributed by atoms with van der Waals surface area (Å²) in [6.45, 7) is 3.10. The van der Waals surface area contributed by atoms with Gasteiger partial charge in [0.2, 0.25) is 5.82 Å². The Labute approximate surface area is 203 Å². The third kappa shape index (κ3) is 4.96. The summed E-state index contributed by atoms with van der Waals surface area (Å²) in [6, 6.07) is 26.2. The molecule has 8 nitrogen and oxygen atoms in total. The molecule has 0 bridgehead atoms. The summed E-state index contributed by atoms with van der Waals surface area (Å²) in [5.41, 5.74) is 5.01. The predicted molar refractivity (Wildman–Crippen MR) is 135 cm³/mol. The van der Waals surface area contributed by atoms with Gasteiger partial charge in [0.05, 0.1) is 13.1 Å². The minimum Gasteiger partial charge on any atom is -0.274 e. The summed E-state index contributed by atoms with van der Waals surface area (Å²) in [7, 11) is 0. The van der Waals surface area contributed by atoms with Crippen LogP contribution in [-0.2, 0) is 19.5 Å². The van der Waals surface area contributed by atoms with Crippen molar-refractivity contribution in [3.05, 3.63) is 106 Å². The summed E-state index contributed by atoms with van der Waals surface area (Å²) in [5.74, 6) is 1.39. The first kappa shape index (κ1) is 22.5. The Bertz CT molecular complexity index is 1440. The third-order valence-electron chi connectivity index (χ3n) is 6.05. The van der Waals surface area contributed by atoms with Crippen molar-refractivity contribution in [3.8, 4) is 22.5 Å². The maximum atomic E-state index is 13.3. The summed E-state index contributed by atoms with van der Waals surface area (Å²) >= 11 is 0. The van der Waals surface area contributed by atoms with Crippen molar-refractivity contribution in [2.45, 2.75) is 39.3 Å². The average molecular weight is 466 g/mol. The highest BCUT2D eigenvalue weighted by Crippen LogP contribution is 2.29. The fourth-order valence-corrected chi connectivity index (χ4v) is 4.20. The van der Waals surface area contributed by atoms with Crippen LogP contribution in [0.25, 0.3) is 22.5 Å². The van der Waals surface area contributed by atoms with Crippen molar-refractivity contribution in [3.63, 3.8) is 0 Å². The lowest BCUT2D eigenvalue weighted by Crippen LogP contribution is -2.26. The second-order valence-corrected chi connectivity index (χ2v) is 8.51. The highest BCUT2D eigenvalue weighted by Gasteiger charge is 2.15. The van der Waals surface area contributed by atoms with Crippen LogP contribution in [0.2, 0.25) is 0 Å². The van der Waals surface area contributed by atoms with Gasteiger partial charge in [0.1, 0.15) is 5.82 Å². The Hall–Kier alpha value is -4.33. The molecule has 3 aromatic carbocycles. The van der Waals surface area contributed by atoms with Crippen LogP contribution in [0.5, 0.6) is 0 Å². The van der Waals surface area contributed by atoms with Gasteiger partial charge in [-0.15, -0.1) is 10.2 Å². The molecule has 0 aliphatic carbocycles. The van der Waals surface area contributed by atoms with E-state index in [0.29, 0.717) is 18.9 Å². The number of tetrazole rings is 1. The van der Waals surface area contributed by atoms with Crippen LogP contribution >= 0.6 is 0 Å². The molecule has 0 fully saturated rings. The molecule has 0 amide bonds. The second kappa shape index (κ2) is 10.3. The van der Waals surface area contributed by atoms with E-state index in [9.17, 15) is 4.79 Å². The average Bonchev–Trinajstić information content (AvgIpc) is 3.54. The zero-order valence-corrected chi connectivity index (χ0v) is 19.6. The standard InChI is InChI=1S/C27H27N7O/c1-2-3-13-25-30-34(19-20-9-5-4-6-10-20)27(35)33(25)18-21-14-16-22(17-15-21)23-11-7-8-12-24(23)26-28-31-32-29-26/h4-12,14-17H,2-3,13,18-19H2,1H3,(H,28,29,31,32). The van der Waals surface area contributed by atoms with Gasteiger partial charge in [-0.25, -0.2) is 9.48 Å². The molecular formula is C27H27N7O. The van der Waals surface area contributed by atoms with Gasteiger partial charge in [-0.1, -0.05) is 92.2 Å². The van der Waals surface area contributed by atoms with Crippen molar-refractivity contribution in [2.24, 2.45) is 0 Å². The Morgan fingerprint density at radius 3 is 2.26 bits per heavy atom. The van der Waals surface area contributed by atoms with Crippen LogP contribution in [0.1, 0.15) is 36.7 Å². The number of aryl methyl sites for hydroxylation is 1. The van der Waals surface area contributed by atoms with Gasteiger partial charge in [-0.3, -0.25) is 4.57 Å². The first-order valence-electron chi connectivity index (χ1n) is 11.9. The van der Waals surface area contributed by atoms with E-state index in [2.05, 4.69) is 56.9 Å². The number of hydrogen-bond donors (Lipinski definition) is 1. The lowest BCUT2D eigenvalue weighted by atomic mass is 9.98. The third-order valence-corrected chi connectivity index (χ3v) is 6.05. The van der Waals surface area contributed by atoms with E-state index < -0.39 is 0 Å². The van der Waals surface area contributed by atoms with Crippen LogP contribution in [0.15, 0.2) is 83.7 Å². The Kier molecular flexibility index (Phi) is 6.61. The van der Waals surface area contributed by atoms with Gasteiger partial charge >= 0.3 is 5.69 Å². The predicted octanol–water partition coefficient (Wildman–Crippen LogP) is 4.33. The highest BCUT2D eigenvalue weighted by atomic mass is 16.2. The van der Waals surface area contributed by atoms with Crippen molar-refractivity contribution >= 4 is 0 Å². The van der Waals surface area contributed by atoms with Crippen molar-refractivity contribution in [1.82, 2.24) is 35.0 Å². The number of unbranched alkanes of at least 4 members (excludes halogenated alkanes) is 1. The Morgan fingerprint density at radius 1 is 0.829 bits per heavy atom. The lowest BCUT2D eigenvalue weighted by molar-refractivity contribution is 0.637. The zero-order chi connectivity index (χ0) is 24.0. The molecule has 5 aromatic rings. The first-order valence-corrected chi connectivity index (χ1v) is 11.9. The van der Waals surface area contributed by atoms with E-state index in [1.54, 1.807) is 9.25 Å². The first-order chi connectivity index (χ1) is 17.2. The molecule has 2 aromatic heterocycles. The van der Waals surface area contributed by atoms with Gasteiger partial charge in [-0.2, -0.15) is 10.3 Å². The quantitative estimate of drug-likeness (QED) is 0.350. The van der Waals surface area contributed by atoms with Gasteiger partial charge in [0, 0.05) is 12.0 Å². The Morgan fingerprint density at radius 2 is 1.54 bits per heavy atom. The van der Waals surface area contributed by atoms with Gasteiger partial charge < -0.3 is 0 Å². The maximum absolute atomic E-state index is 13.3. The summed E-state index contributed by atoms with van der Waals surface area (Å²) in [5, 5.41) is 19.1. The van der Waals surface area contributed by atoms with Crippen molar-refractivity contribution < 1.29 is 0 Å². The molecule has 5 rings (SSSR count). The highest BCUT2D eigenvalue weighted by molar-refractivity contribution is 5.80. The fraction of sp³-hybridized carbons (Fsp3) is 0.222. The van der Waals surface area contributed by atoms with Crippen molar-refractivity contribution in [1.29, 1.82) is 0 Å². The normalized spacial score (nSPS) is 11.1. The SMILES string of the molecule is CCCCc1nn(Cc2ccccc2)c(=O)n1Cc1ccc(-c2ccccc2-c2nn[nH]n2)cc1. The number of rotatable bonds is 9. The molecule has 0 saturated heterocycles. The molecule has 0 aliphatic rings. The lowest BCUT2D eigenvalue weighted by Gasteiger charge is -2.09. The topological polar surface area (TPSA) is 94.3 Å². The minimum absolute atomic E-state index is 0.0773. The molecule has 0 atom stereocenters. The number of hydrogen-bond acceptors (Lipinski definition) is 5. The van der Waals surface area contributed by atoms with E-state index in [4.69, 9.17) is 0 Å². The van der Waals surface area contributed by atoms with E-state index in [1.165, 1.54) is 0 Å². The maximum Gasteiger partial charge on any atom is 0.346 e. The van der Waals surface area contributed by atoms with E-state index in [-0.39, 0.29) is 5.69 Å². The van der Waals surface area contributed by atoms with Crippen molar-refractivity contribution in [2.75, 3.05) is 0 Å².